The second kappa shape index (κ2) is 6.41. The Hall–Kier alpha value is -1.04. The largest absolute Gasteiger partial charge is 0.378 e. The first kappa shape index (κ1) is 14.4. The van der Waals surface area contributed by atoms with Gasteiger partial charge in [-0.05, 0) is 24.1 Å². The van der Waals surface area contributed by atoms with E-state index < -0.39 is 11.6 Å². The zero-order valence-electron chi connectivity index (χ0n) is 11.1. The molecule has 0 aliphatic carbocycles. The van der Waals surface area contributed by atoms with Crippen molar-refractivity contribution in [2.45, 2.75) is 25.4 Å². The Balaban J connectivity index is 2.24. The number of hydrogen-bond donors (Lipinski definition) is 1. The fourth-order valence-corrected chi connectivity index (χ4v) is 2.61. The van der Waals surface area contributed by atoms with Gasteiger partial charge in [0.2, 0.25) is 0 Å². The number of hydrogen-bond acceptors (Lipinski definition) is 3. The summed E-state index contributed by atoms with van der Waals surface area (Å²) >= 11 is 0. The number of nitrogens with two attached hydrogens (primary N) is 1. The van der Waals surface area contributed by atoms with Gasteiger partial charge in [-0.1, -0.05) is 13.0 Å². The third kappa shape index (κ3) is 3.11. The van der Waals surface area contributed by atoms with Crippen molar-refractivity contribution in [3.05, 3.63) is 35.4 Å². The molecule has 1 saturated heterocycles. The van der Waals surface area contributed by atoms with E-state index in [1.807, 2.05) is 0 Å². The number of ether oxygens (including phenoxy) is 1. The Bertz CT molecular complexity index is 428. The van der Waals surface area contributed by atoms with Crippen LogP contribution in [0.2, 0.25) is 0 Å². The van der Waals surface area contributed by atoms with Crippen LogP contribution in [0.4, 0.5) is 8.78 Å². The lowest BCUT2D eigenvalue weighted by Gasteiger charge is -2.40. The topological polar surface area (TPSA) is 38.5 Å². The highest BCUT2D eigenvalue weighted by Crippen LogP contribution is 2.26. The second-order valence-electron chi connectivity index (χ2n) is 4.80. The Morgan fingerprint density at radius 1 is 1.42 bits per heavy atom. The number of morpholine rings is 1. The molecule has 1 aromatic rings. The van der Waals surface area contributed by atoms with E-state index in [1.54, 1.807) is 6.07 Å². The lowest BCUT2D eigenvalue weighted by molar-refractivity contribution is -0.0291. The molecule has 2 rings (SSSR count). The summed E-state index contributed by atoms with van der Waals surface area (Å²) in [7, 11) is 0. The minimum Gasteiger partial charge on any atom is -0.378 e. The van der Waals surface area contributed by atoms with Crippen LogP contribution in [0.3, 0.4) is 0 Å². The summed E-state index contributed by atoms with van der Waals surface area (Å²) in [5.41, 5.74) is 6.57. The number of rotatable bonds is 4. The van der Waals surface area contributed by atoms with E-state index in [0.29, 0.717) is 19.8 Å². The van der Waals surface area contributed by atoms with Crippen molar-refractivity contribution < 1.29 is 13.5 Å². The SMILES string of the molecule is CCC1COCCN1C(CN)c1ccc(F)c(F)c1. The average molecular weight is 270 g/mol. The molecule has 5 heteroatoms. The summed E-state index contributed by atoms with van der Waals surface area (Å²) in [6.45, 7) is 4.54. The lowest BCUT2D eigenvalue weighted by atomic mass is 10.0. The third-order valence-corrected chi connectivity index (χ3v) is 3.70. The van der Waals surface area contributed by atoms with E-state index in [1.165, 1.54) is 6.07 Å². The van der Waals surface area contributed by atoms with Crippen molar-refractivity contribution in [3.63, 3.8) is 0 Å². The fraction of sp³-hybridized carbons (Fsp3) is 0.571. The van der Waals surface area contributed by atoms with E-state index in [2.05, 4.69) is 11.8 Å². The van der Waals surface area contributed by atoms with Crippen LogP contribution < -0.4 is 5.73 Å². The molecule has 2 N–H and O–H groups in total. The Morgan fingerprint density at radius 2 is 2.21 bits per heavy atom. The van der Waals surface area contributed by atoms with E-state index in [0.717, 1.165) is 24.6 Å². The van der Waals surface area contributed by atoms with Crippen molar-refractivity contribution in [1.29, 1.82) is 0 Å². The molecule has 0 amide bonds. The van der Waals surface area contributed by atoms with Crippen LogP contribution in [0.5, 0.6) is 0 Å². The number of nitrogens with zero attached hydrogens (tertiary/aromatic N) is 1. The molecular formula is C14H20F2N2O. The van der Waals surface area contributed by atoms with Crippen molar-refractivity contribution in [3.8, 4) is 0 Å². The summed E-state index contributed by atoms with van der Waals surface area (Å²) in [5, 5.41) is 0. The van der Waals surface area contributed by atoms with Crippen LogP contribution in [-0.2, 0) is 4.74 Å². The summed E-state index contributed by atoms with van der Waals surface area (Å²) in [5.74, 6) is -1.65. The predicted molar refractivity (Wildman–Crippen MR) is 69.8 cm³/mol. The maximum Gasteiger partial charge on any atom is 0.159 e. The van der Waals surface area contributed by atoms with Crippen LogP contribution in [0.15, 0.2) is 18.2 Å². The van der Waals surface area contributed by atoms with Crippen molar-refractivity contribution in [2.75, 3.05) is 26.3 Å². The van der Waals surface area contributed by atoms with Gasteiger partial charge in [0.15, 0.2) is 11.6 Å². The highest BCUT2D eigenvalue weighted by Gasteiger charge is 2.28. The van der Waals surface area contributed by atoms with Gasteiger partial charge in [0.05, 0.1) is 13.2 Å². The van der Waals surface area contributed by atoms with E-state index in [4.69, 9.17) is 10.5 Å². The molecule has 1 heterocycles. The molecule has 106 valence electrons. The van der Waals surface area contributed by atoms with Gasteiger partial charge in [0, 0.05) is 25.2 Å². The minimum atomic E-state index is -0.825. The average Bonchev–Trinajstić information content (AvgIpc) is 2.44. The first-order valence-corrected chi connectivity index (χ1v) is 6.65. The zero-order chi connectivity index (χ0) is 13.8. The molecular weight excluding hydrogens is 250 g/mol. The second-order valence-corrected chi connectivity index (χ2v) is 4.80. The molecule has 1 aliphatic heterocycles. The van der Waals surface area contributed by atoms with Gasteiger partial charge in [-0.25, -0.2) is 8.78 Å². The van der Waals surface area contributed by atoms with E-state index in [9.17, 15) is 8.78 Å². The van der Waals surface area contributed by atoms with Crippen LogP contribution in [0, 0.1) is 11.6 Å². The molecule has 0 bridgehead atoms. The molecule has 0 spiro atoms. The lowest BCUT2D eigenvalue weighted by Crippen LogP contribution is -2.48. The molecule has 19 heavy (non-hydrogen) atoms. The third-order valence-electron chi connectivity index (χ3n) is 3.70. The van der Waals surface area contributed by atoms with Crippen molar-refractivity contribution in [1.82, 2.24) is 4.90 Å². The molecule has 1 aromatic carbocycles. The molecule has 2 unspecified atom stereocenters. The zero-order valence-corrected chi connectivity index (χ0v) is 11.1. The van der Waals surface area contributed by atoms with Crippen LogP contribution >= 0.6 is 0 Å². The smallest absolute Gasteiger partial charge is 0.159 e. The molecule has 0 radical (unpaired) electrons. The van der Waals surface area contributed by atoms with Gasteiger partial charge in [-0.3, -0.25) is 4.90 Å². The van der Waals surface area contributed by atoms with Gasteiger partial charge in [0.25, 0.3) is 0 Å². The maximum absolute atomic E-state index is 13.4. The van der Waals surface area contributed by atoms with E-state index in [-0.39, 0.29) is 12.1 Å². The van der Waals surface area contributed by atoms with Gasteiger partial charge in [-0.2, -0.15) is 0 Å². The molecule has 0 saturated carbocycles. The molecule has 1 fully saturated rings. The Labute approximate surface area is 112 Å². The van der Waals surface area contributed by atoms with Crippen LogP contribution in [0.1, 0.15) is 24.9 Å². The minimum absolute atomic E-state index is 0.0936. The summed E-state index contributed by atoms with van der Waals surface area (Å²) in [4.78, 5) is 2.23. The highest BCUT2D eigenvalue weighted by atomic mass is 19.2. The fourth-order valence-electron chi connectivity index (χ4n) is 2.61. The predicted octanol–water partition coefficient (Wildman–Crippen LogP) is 2.08. The first-order valence-electron chi connectivity index (χ1n) is 6.65. The van der Waals surface area contributed by atoms with Crippen molar-refractivity contribution in [2.24, 2.45) is 5.73 Å². The van der Waals surface area contributed by atoms with Gasteiger partial charge >= 0.3 is 0 Å². The Kier molecular flexibility index (Phi) is 4.85. The van der Waals surface area contributed by atoms with Gasteiger partial charge < -0.3 is 10.5 Å². The number of halogens is 2. The van der Waals surface area contributed by atoms with E-state index >= 15 is 0 Å². The quantitative estimate of drug-likeness (QED) is 0.910. The van der Waals surface area contributed by atoms with Crippen LogP contribution in [-0.4, -0.2) is 37.2 Å². The summed E-state index contributed by atoms with van der Waals surface area (Å²) < 4.78 is 31.8. The number of benzene rings is 1. The van der Waals surface area contributed by atoms with Gasteiger partial charge in [-0.15, -0.1) is 0 Å². The van der Waals surface area contributed by atoms with Crippen LogP contribution in [0.25, 0.3) is 0 Å². The standard InChI is InChI=1S/C14H20F2N2O/c1-2-11-9-19-6-5-18(11)14(8-17)10-3-4-12(15)13(16)7-10/h3-4,7,11,14H,2,5-6,8-9,17H2,1H3. The highest BCUT2D eigenvalue weighted by molar-refractivity contribution is 5.22. The molecule has 1 aliphatic rings. The normalized spacial score (nSPS) is 22.4. The molecule has 2 atom stereocenters. The Morgan fingerprint density at radius 3 is 2.84 bits per heavy atom. The summed E-state index contributed by atoms with van der Waals surface area (Å²) in [6.07, 6.45) is 0.945. The summed E-state index contributed by atoms with van der Waals surface area (Å²) in [6, 6.07) is 4.20. The monoisotopic (exact) mass is 270 g/mol. The van der Waals surface area contributed by atoms with Gasteiger partial charge in [0.1, 0.15) is 0 Å². The molecule has 3 nitrogen and oxygen atoms in total. The van der Waals surface area contributed by atoms with Crippen molar-refractivity contribution >= 4 is 0 Å². The maximum atomic E-state index is 13.4. The first-order chi connectivity index (χ1) is 9.17. The molecule has 0 aromatic heterocycles.